The highest BCUT2D eigenvalue weighted by Gasteiger charge is 2.55. The number of amides is 1. The zero-order valence-corrected chi connectivity index (χ0v) is 24.8. The first-order valence-corrected chi connectivity index (χ1v) is 14.9. The number of carboxylic acids is 2. The van der Waals surface area contributed by atoms with Crippen molar-refractivity contribution in [1.82, 2.24) is 39.5 Å². The van der Waals surface area contributed by atoms with Crippen molar-refractivity contribution in [2.24, 2.45) is 5.92 Å². The van der Waals surface area contributed by atoms with Crippen molar-refractivity contribution in [2.45, 2.75) is 49.9 Å². The van der Waals surface area contributed by atoms with Crippen LogP contribution in [0.4, 0.5) is 17.6 Å². The molecule has 6 rings (SSSR count). The Bertz CT molecular complexity index is 1810. The highest BCUT2D eigenvalue weighted by atomic mass is 19.4. The number of pyridine rings is 1. The number of rotatable bonds is 10. The minimum Gasteiger partial charge on any atom is -0.481 e. The highest BCUT2D eigenvalue weighted by molar-refractivity contribution is 5.94. The van der Waals surface area contributed by atoms with Crippen LogP contribution in [0.15, 0.2) is 43.2 Å². The summed E-state index contributed by atoms with van der Waals surface area (Å²) in [5.41, 5.74) is -1.58. The SMILES string of the molecule is O=C(O)CCCC(C(=O)O)C1(n2cc(-c3ncnc4[nH]ccc34)cn2)CN(C2CCN(C(=O)c3ccnc(C(F)(F)F)c3F)CC2)C1. The number of hydrogen-bond donors (Lipinski definition) is 3. The Morgan fingerprint density at radius 1 is 1.09 bits per heavy atom. The first kappa shape index (κ1) is 32.0. The highest BCUT2D eigenvalue weighted by Crippen LogP contribution is 2.42. The number of nitrogens with zero attached hydrogens (tertiary/aromatic N) is 7. The topological polar surface area (TPSA) is 170 Å². The largest absolute Gasteiger partial charge is 0.481 e. The van der Waals surface area contributed by atoms with Gasteiger partial charge in [-0.1, -0.05) is 0 Å². The minimum atomic E-state index is -5.04. The van der Waals surface area contributed by atoms with Crippen LogP contribution in [0, 0.1) is 11.7 Å². The van der Waals surface area contributed by atoms with Gasteiger partial charge in [-0.3, -0.25) is 24.0 Å². The molecule has 1 atom stereocenters. The van der Waals surface area contributed by atoms with E-state index in [2.05, 4.69) is 29.9 Å². The first-order valence-electron chi connectivity index (χ1n) is 14.9. The molecule has 2 saturated heterocycles. The number of carbonyl (C=O) groups is 3. The smallest absolute Gasteiger partial charge is 0.436 e. The van der Waals surface area contributed by atoms with Crippen molar-refractivity contribution >= 4 is 28.9 Å². The summed E-state index contributed by atoms with van der Waals surface area (Å²) in [5, 5.41) is 24.9. The Morgan fingerprint density at radius 2 is 1.83 bits per heavy atom. The number of piperidine rings is 1. The summed E-state index contributed by atoms with van der Waals surface area (Å²) in [6.45, 7) is 0.856. The maximum absolute atomic E-state index is 14.6. The van der Waals surface area contributed by atoms with Crippen LogP contribution >= 0.6 is 0 Å². The number of likely N-dealkylation sites (tertiary alicyclic amines) is 2. The summed E-state index contributed by atoms with van der Waals surface area (Å²) >= 11 is 0. The minimum absolute atomic E-state index is 0.0926. The summed E-state index contributed by atoms with van der Waals surface area (Å²) < 4.78 is 55.7. The van der Waals surface area contributed by atoms with Crippen LogP contribution in [0.5, 0.6) is 0 Å². The van der Waals surface area contributed by atoms with Crippen LogP contribution in [0.25, 0.3) is 22.3 Å². The molecule has 248 valence electrons. The quantitative estimate of drug-likeness (QED) is 0.214. The molecule has 2 fully saturated rings. The van der Waals surface area contributed by atoms with E-state index in [0.29, 0.717) is 29.7 Å². The van der Waals surface area contributed by atoms with Crippen LogP contribution in [0.2, 0.25) is 0 Å². The number of aromatic nitrogens is 6. The van der Waals surface area contributed by atoms with E-state index in [0.717, 1.165) is 17.6 Å². The van der Waals surface area contributed by atoms with Crippen LogP contribution in [0.1, 0.15) is 48.2 Å². The lowest BCUT2D eigenvalue weighted by molar-refractivity contribution is -0.157. The van der Waals surface area contributed by atoms with E-state index in [1.54, 1.807) is 23.3 Å². The fraction of sp³-hybridized carbons (Fsp3) is 0.433. The van der Waals surface area contributed by atoms with Gasteiger partial charge in [-0.2, -0.15) is 18.3 Å². The van der Waals surface area contributed by atoms with Gasteiger partial charge < -0.3 is 20.1 Å². The number of carboxylic acid groups (broad SMARTS) is 2. The average Bonchev–Trinajstić information content (AvgIpc) is 3.69. The molecule has 0 radical (unpaired) electrons. The number of nitrogens with one attached hydrogen (secondary N) is 1. The molecule has 2 aliphatic rings. The van der Waals surface area contributed by atoms with Crippen LogP contribution < -0.4 is 0 Å². The molecule has 47 heavy (non-hydrogen) atoms. The molecule has 0 bridgehead atoms. The Balaban J connectivity index is 1.20. The average molecular weight is 659 g/mol. The van der Waals surface area contributed by atoms with Crippen molar-refractivity contribution in [3.63, 3.8) is 0 Å². The third-order valence-corrected chi connectivity index (χ3v) is 9.11. The number of aliphatic carboxylic acids is 2. The summed E-state index contributed by atoms with van der Waals surface area (Å²) in [6.07, 6.45) is 3.11. The lowest BCUT2D eigenvalue weighted by Gasteiger charge is -2.56. The van der Waals surface area contributed by atoms with Gasteiger partial charge in [0.1, 0.15) is 17.5 Å². The van der Waals surface area contributed by atoms with E-state index < -0.39 is 52.6 Å². The number of alkyl halides is 3. The second-order valence-corrected chi connectivity index (χ2v) is 11.9. The number of carbonyl (C=O) groups excluding carboxylic acids is 1. The van der Waals surface area contributed by atoms with E-state index in [1.165, 1.54) is 11.2 Å². The van der Waals surface area contributed by atoms with Gasteiger partial charge in [0.15, 0.2) is 11.5 Å². The number of hydrogen-bond acceptors (Lipinski definition) is 8. The lowest BCUT2D eigenvalue weighted by Crippen LogP contribution is -2.70. The number of H-pyrrole nitrogens is 1. The summed E-state index contributed by atoms with van der Waals surface area (Å²) in [7, 11) is 0. The van der Waals surface area contributed by atoms with E-state index in [9.17, 15) is 42.2 Å². The molecule has 0 saturated carbocycles. The Kier molecular flexibility index (Phi) is 8.42. The fourth-order valence-corrected chi connectivity index (χ4v) is 6.72. The number of aromatic amines is 1. The van der Waals surface area contributed by atoms with Crippen LogP contribution in [-0.4, -0.2) is 99.8 Å². The van der Waals surface area contributed by atoms with Gasteiger partial charge in [-0.15, -0.1) is 0 Å². The summed E-state index contributed by atoms with van der Waals surface area (Å²) in [5.74, 6) is -5.65. The molecule has 4 aromatic heterocycles. The normalized spacial score (nSPS) is 17.8. The van der Waals surface area contributed by atoms with Gasteiger partial charge in [0.2, 0.25) is 0 Å². The fourth-order valence-electron chi connectivity index (χ4n) is 6.72. The Labute approximate surface area is 264 Å². The molecule has 2 aliphatic heterocycles. The van der Waals surface area contributed by atoms with E-state index in [4.69, 9.17) is 0 Å². The van der Waals surface area contributed by atoms with Gasteiger partial charge >= 0.3 is 18.1 Å². The molecule has 0 spiro atoms. The molecule has 0 aliphatic carbocycles. The monoisotopic (exact) mass is 658 g/mol. The van der Waals surface area contributed by atoms with Crippen molar-refractivity contribution in [1.29, 1.82) is 0 Å². The number of halogens is 4. The Hall–Kier alpha value is -4.93. The maximum atomic E-state index is 14.6. The van der Waals surface area contributed by atoms with E-state index in [1.807, 2.05) is 6.07 Å². The second-order valence-electron chi connectivity index (χ2n) is 11.9. The molecule has 13 nitrogen and oxygen atoms in total. The molecule has 3 N–H and O–H groups in total. The van der Waals surface area contributed by atoms with Crippen molar-refractivity contribution < 1.29 is 42.2 Å². The zero-order chi connectivity index (χ0) is 33.5. The van der Waals surface area contributed by atoms with Gasteiger partial charge in [-0.05, 0) is 37.8 Å². The Morgan fingerprint density at radius 3 is 2.51 bits per heavy atom. The molecule has 0 aromatic carbocycles. The van der Waals surface area contributed by atoms with Crippen LogP contribution in [-0.2, 0) is 21.3 Å². The summed E-state index contributed by atoms with van der Waals surface area (Å²) in [4.78, 5) is 54.9. The molecule has 4 aromatic rings. The van der Waals surface area contributed by atoms with Crippen molar-refractivity contribution in [3.05, 3.63) is 60.3 Å². The lowest BCUT2D eigenvalue weighted by atomic mass is 9.73. The van der Waals surface area contributed by atoms with E-state index in [-0.39, 0.29) is 51.5 Å². The summed E-state index contributed by atoms with van der Waals surface area (Å²) in [6, 6.07) is 2.66. The van der Waals surface area contributed by atoms with Gasteiger partial charge in [0, 0.05) is 68.2 Å². The molecular formula is C30H30F4N8O5. The first-order chi connectivity index (χ1) is 22.4. The second kappa shape index (κ2) is 12.4. The number of fused-ring (bicyclic) bond motifs is 1. The molecular weight excluding hydrogens is 628 g/mol. The van der Waals surface area contributed by atoms with Crippen LogP contribution in [0.3, 0.4) is 0 Å². The third kappa shape index (κ3) is 6.02. The van der Waals surface area contributed by atoms with Crippen molar-refractivity contribution in [3.8, 4) is 11.3 Å². The standard InChI is InChI=1S/C30H30F4N8O5/c31-23-19(4-8-35-25(23)30(32,33)34)27(45)40-10-6-18(7-11-40)41-14-29(15-41,21(28(46)47)2-1-3-22(43)44)42-13-17(12-39-42)24-20-5-9-36-26(20)38-16-37-24/h4-5,8-9,12-13,16,18,21H,1-3,6-7,10-11,14-15H2,(H,43,44)(H,46,47)(H,36,37,38). The molecule has 6 heterocycles. The molecule has 1 amide bonds. The van der Waals surface area contributed by atoms with E-state index >= 15 is 0 Å². The predicted octanol–water partition coefficient (Wildman–Crippen LogP) is 3.65. The van der Waals surface area contributed by atoms with Gasteiger partial charge in [0.25, 0.3) is 5.91 Å². The predicted molar refractivity (Wildman–Crippen MR) is 155 cm³/mol. The van der Waals surface area contributed by atoms with Gasteiger partial charge in [0.05, 0.1) is 23.4 Å². The molecule has 17 heteroatoms. The van der Waals surface area contributed by atoms with Gasteiger partial charge in [-0.25, -0.2) is 19.3 Å². The maximum Gasteiger partial charge on any atom is 0.436 e. The third-order valence-electron chi connectivity index (χ3n) is 9.11. The zero-order valence-electron chi connectivity index (χ0n) is 24.8. The van der Waals surface area contributed by atoms with Crippen molar-refractivity contribution in [2.75, 3.05) is 26.2 Å². The molecule has 1 unspecified atom stereocenters.